The largest absolute Gasteiger partial charge is 0.333 e. The highest BCUT2D eigenvalue weighted by atomic mass is 19.2. The summed E-state index contributed by atoms with van der Waals surface area (Å²) in [5, 5.41) is 4.64. The van der Waals surface area contributed by atoms with Crippen molar-refractivity contribution in [2.45, 2.75) is 26.8 Å². The van der Waals surface area contributed by atoms with E-state index in [2.05, 4.69) is 5.32 Å². The Balaban J connectivity index is 1.91. The number of hydrogen-bond acceptors (Lipinski definition) is 1. The van der Waals surface area contributed by atoms with E-state index in [1.165, 1.54) is 12.1 Å². The highest BCUT2D eigenvalue weighted by Crippen LogP contribution is 2.16. The van der Waals surface area contributed by atoms with Gasteiger partial charge < -0.3 is 10.6 Å². The van der Waals surface area contributed by atoms with E-state index in [-0.39, 0.29) is 18.5 Å². The first-order valence-corrected chi connectivity index (χ1v) is 7.52. The minimum Gasteiger partial charge on any atom is -0.333 e. The number of hydrogen-bond donors (Lipinski definition) is 2. The molecule has 2 rings (SSSR count). The molecule has 0 aliphatic carbocycles. The Hall–Kier alpha value is -2.27. The van der Waals surface area contributed by atoms with E-state index in [1.807, 2.05) is 39.0 Å². The summed E-state index contributed by atoms with van der Waals surface area (Å²) in [5.74, 6) is -1.87. The highest BCUT2D eigenvalue weighted by Gasteiger charge is 2.14. The van der Waals surface area contributed by atoms with E-state index >= 15 is 0 Å². The van der Waals surface area contributed by atoms with Gasteiger partial charge in [-0.3, -0.25) is 4.79 Å². The molecule has 23 heavy (non-hydrogen) atoms. The predicted molar refractivity (Wildman–Crippen MR) is 86.1 cm³/mol. The smallest absolute Gasteiger partial charge is 0.279 e. The van der Waals surface area contributed by atoms with E-state index in [0.717, 1.165) is 22.9 Å². The van der Waals surface area contributed by atoms with Gasteiger partial charge in [-0.25, -0.2) is 8.78 Å². The molecule has 1 amide bonds. The van der Waals surface area contributed by atoms with Crippen LogP contribution in [0, 0.1) is 25.5 Å². The fourth-order valence-corrected chi connectivity index (χ4v) is 2.37. The maximum absolute atomic E-state index is 13.2. The second-order valence-electron chi connectivity index (χ2n) is 5.77. The normalized spacial score (nSPS) is 12.0. The van der Waals surface area contributed by atoms with Crippen LogP contribution in [-0.4, -0.2) is 12.5 Å². The summed E-state index contributed by atoms with van der Waals surface area (Å²) in [7, 11) is 0. The molecule has 0 aromatic heterocycles. The summed E-state index contributed by atoms with van der Waals surface area (Å²) in [5.41, 5.74) is 3.57. The molecule has 122 valence electrons. The van der Waals surface area contributed by atoms with Gasteiger partial charge >= 0.3 is 0 Å². The van der Waals surface area contributed by atoms with Crippen LogP contribution in [0.1, 0.15) is 29.7 Å². The van der Waals surface area contributed by atoms with Crippen LogP contribution in [-0.2, 0) is 4.79 Å². The number of quaternary nitrogens is 1. The maximum atomic E-state index is 13.2. The zero-order valence-electron chi connectivity index (χ0n) is 13.5. The minimum atomic E-state index is -0.873. The summed E-state index contributed by atoms with van der Waals surface area (Å²) >= 11 is 0. The van der Waals surface area contributed by atoms with E-state index in [4.69, 9.17) is 0 Å². The van der Waals surface area contributed by atoms with Crippen LogP contribution in [0.3, 0.4) is 0 Å². The molecule has 0 spiro atoms. The van der Waals surface area contributed by atoms with Crippen LogP contribution >= 0.6 is 0 Å². The van der Waals surface area contributed by atoms with Gasteiger partial charge in [0.2, 0.25) is 0 Å². The van der Waals surface area contributed by atoms with Gasteiger partial charge in [0, 0.05) is 11.3 Å². The van der Waals surface area contributed by atoms with Crippen molar-refractivity contribution < 1.29 is 18.9 Å². The number of amides is 1. The standard InChI is InChI=1S/C18H20F2N2O/c1-11-4-7-17(12(2)8-11)22-18(23)10-21-13(3)14-5-6-15(19)16(20)9-14/h4-9,13,21H,10H2,1-3H3,(H,22,23)/p+1/t13-/m0/s1. The number of carbonyl (C=O) groups is 1. The van der Waals surface area contributed by atoms with E-state index in [9.17, 15) is 13.6 Å². The number of carbonyl (C=O) groups excluding carboxylic acids is 1. The molecule has 0 saturated heterocycles. The zero-order chi connectivity index (χ0) is 17.0. The third-order valence-electron chi connectivity index (χ3n) is 3.78. The monoisotopic (exact) mass is 319 g/mol. The molecule has 0 aliphatic rings. The second kappa shape index (κ2) is 7.33. The molecule has 0 aliphatic heterocycles. The van der Waals surface area contributed by atoms with Gasteiger partial charge in [0.1, 0.15) is 6.04 Å². The van der Waals surface area contributed by atoms with Crippen LogP contribution in [0.25, 0.3) is 0 Å². The molecule has 2 aromatic rings. The fraction of sp³-hybridized carbons (Fsp3) is 0.278. The van der Waals surface area contributed by atoms with Crippen LogP contribution in [0.2, 0.25) is 0 Å². The van der Waals surface area contributed by atoms with Crippen molar-refractivity contribution in [2.75, 3.05) is 11.9 Å². The quantitative estimate of drug-likeness (QED) is 0.874. The lowest BCUT2D eigenvalue weighted by Gasteiger charge is -2.12. The molecule has 0 saturated carbocycles. The lowest BCUT2D eigenvalue weighted by Crippen LogP contribution is -2.86. The Bertz CT molecular complexity index is 716. The third kappa shape index (κ3) is 4.60. The minimum absolute atomic E-state index is 0.133. The molecule has 0 radical (unpaired) electrons. The lowest BCUT2D eigenvalue weighted by molar-refractivity contribution is -0.682. The molecular formula is C18H21F2N2O+. The number of nitrogens with two attached hydrogens (primary N) is 1. The highest BCUT2D eigenvalue weighted by molar-refractivity contribution is 5.92. The molecule has 0 unspecified atom stereocenters. The fourth-order valence-electron chi connectivity index (χ4n) is 2.37. The third-order valence-corrected chi connectivity index (χ3v) is 3.78. The lowest BCUT2D eigenvalue weighted by atomic mass is 10.1. The number of anilines is 1. The molecule has 2 aromatic carbocycles. The van der Waals surface area contributed by atoms with Crippen LogP contribution in [0.4, 0.5) is 14.5 Å². The molecule has 0 heterocycles. The van der Waals surface area contributed by atoms with Crippen molar-refractivity contribution in [2.24, 2.45) is 0 Å². The van der Waals surface area contributed by atoms with Gasteiger partial charge in [-0.15, -0.1) is 0 Å². The Morgan fingerprint density at radius 3 is 2.52 bits per heavy atom. The Morgan fingerprint density at radius 2 is 1.87 bits per heavy atom. The number of nitrogens with one attached hydrogen (secondary N) is 1. The number of aryl methyl sites for hydroxylation is 2. The first-order chi connectivity index (χ1) is 10.9. The topological polar surface area (TPSA) is 45.7 Å². The van der Waals surface area contributed by atoms with Gasteiger partial charge in [0.05, 0.1) is 0 Å². The molecule has 5 heteroatoms. The van der Waals surface area contributed by atoms with Crippen molar-refractivity contribution >= 4 is 11.6 Å². The molecule has 3 N–H and O–H groups in total. The molecule has 1 atom stereocenters. The van der Waals surface area contributed by atoms with Crippen molar-refractivity contribution in [1.29, 1.82) is 0 Å². The van der Waals surface area contributed by atoms with Crippen molar-refractivity contribution in [3.8, 4) is 0 Å². The van der Waals surface area contributed by atoms with Crippen molar-refractivity contribution in [3.63, 3.8) is 0 Å². The maximum Gasteiger partial charge on any atom is 0.279 e. The number of halogens is 2. The predicted octanol–water partition coefficient (Wildman–Crippen LogP) is 2.84. The van der Waals surface area contributed by atoms with E-state index in [0.29, 0.717) is 5.56 Å². The van der Waals surface area contributed by atoms with Gasteiger partial charge in [0.15, 0.2) is 18.2 Å². The SMILES string of the molecule is Cc1ccc(NC(=O)C[NH2+][C@@H](C)c2ccc(F)c(F)c2)c(C)c1. The summed E-state index contributed by atoms with van der Waals surface area (Å²) in [6.07, 6.45) is 0. The van der Waals surface area contributed by atoms with Gasteiger partial charge in [-0.1, -0.05) is 17.7 Å². The number of benzene rings is 2. The summed E-state index contributed by atoms with van der Waals surface area (Å²) < 4.78 is 26.2. The van der Waals surface area contributed by atoms with Crippen molar-refractivity contribution in [3.05, 3.63) is 64.7 Å². The summed E-state index contributed by atoms with van der Waals surface area (Å²) in [6, 6.07) is 9.47. The Kier molecular flexibility index (Phi) is 5.45. The van der Waals surface area contributed by atoms with E-state index < -0.39 is 11.6 Å². The van der Waals surface area contributed by atoms with Crippen LogP contribution in [0.15, 0.2) is 36.4 Å². The van der Waals surface area contributed by atoms with Crippen LogP contribution in [0.5, 0.6) is 0 Å². The first-order valence-electron chi connectivity index (χ1n) is 7.52. The second-order valence-corrected chi connectivity index (χ2v) is 5.77. The molecular weight excluding hydrogens is 298 g/mol. The number of rotatable bonds is 5. The Morgan fingerprint density at radius 1 is 1.13 bits per heavy atom. The first kappa shape index (κ1) is 17.1. The Labute approximate surface area is 134 Å². The average Bonchev–Trinajstić information content (AvgIpc) is 2.50. The summed E-state index contributed by atoms with van der Waals surface area (Å²) in [6.45, 7) is 5.98. The van der Waals surface area contributed by atoms with Gasteiger partial charge in [-0.05, 0) is 50.6 Å². The van der Waals surface area contributed by atoms with Crippen LogP contribution < -0.4 is 10.6 Å². The van der Waals surface area contributed by atoms with Gasteiger partial charge in [-0.2, -0.15) is 0 Å². The molecule has 3 nitrogen and oxygen atoms in total. The summed E-state index contributed by atoms with van der Waals surface area (Å²) in [4.78, 5) is 12.0. The average molecular weight is 319 g/mol. The zero-order valence-corrected chi connectivity index (χ0v) is 13.5. The van der Waals surface area contributed by atoms with Crippen molar-refractivity contribution in [1.82, 2.24) is 0 Å². The van der Waals surface area contributed by atoms with E-state index in [1.54, 1.807) is 5.32 Å². The molecule has 0 fully saturated rings. The molecule has 0 bridgehead atoms. The van der Waals surface area contributed by atoms with Gasteiger partial charge in [0.25, 0.3) is 5.91 Å².